The van der Waals surface area contributed by atoms with Crippen LogP contribution in [0.1, 0.15) is 37.7 Å². The monoisotopic (exact) mass is 374 g/mol. The van der Waals surface area contributed by atoms with Gasteiger partial charge in [0, 0.05) is 19.0 Å². The van der Waals surface area contributed by atoms with Crippen LogP contribution in [-0.2, 0) is 14.3 Å². The molecule has 0 aromatic heterocycles. The summed E-state index contributed by atoms with van der Waals surface area (Å²) >= 11 is 0. The first-order valence-electron chi connectivity index (χ1n) is 9.46. The van der Waals surface area contributed by atoms with Gasteiger partial charge in [-0.25, -0.2) is 0 Å². The van der Waals surface area contributed by atoms with Crippen molar-refractivity contribution in [3.8, 4) is 17.6 Å². The van der Waals surface area contributed by atoms with Gasteiger partial charge in [-0.3, -0.25) is 4.79 Å². The van der Waals surface area contributed by atoms with Gasteiger partial charge in [-0.1, -0.05) is 0 Å². The van der Waals surface area contributed by atoms with E-state index >= 15 is 0 Å². The fourth-order valence-corrected chi connectivity index (χ4v) is 3.55. The Hall–Kier alpha value is -2.30. The van der Waals surface area contributed by atoms with E-state index in [1.165, 1.54) is 7.11 Å². The number of nitriles is 1. The van der Waals surface area contributed by atoms with Crippen LogP contribution in [0.25, 0.3) is 0 Å². The van der Waals surface area contributed by atoms with Gasteiger partial charge in [0.2, 0.25) is 5.91 Å². The number of carbonyl (C=O) groups excluding carboxylic acids is 1. The maximum Gasteiger partial charge on any atom is 0.223 e. The number of carbonyl (C=O) groups is 1. The normalized spacial score (nSPS) is 20.3. The Bertz CT molecular complexity index is 681. The number of methoxy groups -OCH3 is 1. The third-order valence-electron chi connectivity index (χ3n) is 4.92. The fourth-order valence-electron chi connectivity index (χ4n) is 3.55. The van der Waals surface area contributed by atoms with Gasteiger partial charge < -0.3 is 23.8 Å². The Kier molecular flexibility index (Phi) is 6.91. The van der Waals surface area contributed by atoms with E-state index in [1.807, 2.05) is 4.90 Å². The molecule has 0 spiro atoms. The van der Waals surface area contributed by atoms with Crippen molar-refractivity contribution in [3.05, 3.63) is 23.8 Å². The average Bonchev–Trinajstić information content (AvgIpc) is 3.25. The van der Waals surface area contributed by atoms with E-state index in [1.54, 1.807) is 18.2 Å². The molecule has 1 amide bonds. The summed E-state index contributed by atoms with van der Waals surface area (Å²) in [6, 6.07) is 7.13. The van der Waals surface area contributed by atoms with E-state index in [0.717, 1.165) is 25.8 Å². The molecule has 0 N–H and O–H groups in total. The molecule has 1 aromatic rings. The highest BCUT2D eigenvalue weighted by Gasteiger charge is 2.35. The number of hydrogen-bond acceptors (Lipinski definition) is 6. The van der Waals surface area contributed by atoms with Gasteiger partial charge in [0.1, 0.15) is 0 Å². The Balaban J connectivity index is 1.48. The lowest BCUT2D eigenvalue weighted by molar-refractivity contribution is -0.150. The lowest BCUT2D eigenvalue weighted by Crippen LogP contribution is -2.50. The van der Waals surface area contributed by atoms with Crippen molar-refractivity contribution in [2.45, 2.75) is 44.4 Å². The molecule has 146 valence electrons. The zero-order valence-electron chi connectivity index (χ0n) is 15.7. The molecule has 7 nitrogen and oxygen atoms in total. The largest absolute Gasteiger partial charge is 0.493 e. The summed E-state index contributed by atoms with van der Waals surface area (Å²) in [4.78, 5) is 14.6. The Morgan fingerprint density at radius 1 is 1.30 bits per heavy atom. The van der Waals surface area contributed by atoms with E-state index < -0.39 is 0 Å². The van der Waals surface area contributed by atoms with Gasteiger partial charge in [-0.2, -0.15) is 5.26 Å². The van der Waals surface area contributed by atoms with E-state index in [9.17, 15) is 4.79 Å². The van der Waals surface area contributed by atoms with E-state index in [4.69, 9.17) is 24.2 Å². The van der Waals surface area contributed by atoms with Gasteiger partial charge >= 0.3 is 0 Å². The second-order valence-corrected chi connectivity index (χ2v) is 6.69. The average molecular weight is 374 g/mol. The highest BCUT2D eigenvalue weighted by atomic mass is 16.7. The number of piperidine rings is 1. The highest BCUT2D eigenvalue weighted by molar-refractivity contribution is 5.76. The molecule has 0 aliphatic carbocycles. The second-order valence-electron chi connectivity index (χ2n) is 6.69. The van der Waals surface area contributed by atoms with E-state index in [2.05, 4.69) is 6.07 Å². The Labute approximate surface area is 159 Å². The predicted molar refractivity (Wildman–Crippen MR) is 97.5 cm³/mol. The summed E-state index contributed by atoms with van der Waals surface area (Å²) in [6.45, 7) is 2.37. The van der Waals surface area contributed by atoms with Crippen LogP contribution in [0.4, 0.5) is 0 Å². The SMILES string of the molecule is COc1cc(C#N)ccc1OCCCC(=O)N1CCCCC1C1OCCO1. The quantitative estimate of drug-likeness (QED) is 0.682. The number of likely N-dealkylation sites (tertiary alicyclic amines) is 1. The van der Waals surface area contributed by atoms with Crippen molar-refractivity contribution in [2.24, 2.45) is 0 Å². The van der Waals surface area contributed by atoms with Crippen molar-refractivity contribution in [1.82, 2.24) is 4.90 Å². The van der Waals surface area contributed by atoms with Gasteiger partial charge in [0.05, 0.1) is 44.6 Å². The summed E-state index contributed by atoms with van der Waals surface area (Å²) in [5.74, 6) is 1.22. The van der Waals surface area contributed by atoms with Crippen LogP contribution in [0, 0.1) is 11.3 Å². The predicted octanol–water partition coefficient (Wildman–Crippen LogP) is 2.48. The maximum atomic E-state index is 12.7. The van der Waals surface area contributed by atoms with Crippen molar-refractivity contribution >= 4 is 5.91 Å². The molecule has 1 atom stereocenters. The molecular formula is C20H26N2O5. The molecule has 0 radical (unpaired) electrons. The fraction of sp³-hybridized carbons (Fsp3) is 0.600. The van der Waals surface area contributed by atoms with E-state index in [0.29, 0.717) is 49.7 Å². The lowest BCUT2D eigenvalue weighted by Gasteiger charge is -2.38. The van der Waals surface area contributed by atoms with Crippen molar-refractivity contribution in [3.63, 3.8) is 0 Å². The molecule has 3 rings (SSSR count). The molecule has 2 heterocycles. The number of hydrogen-bond donors (Lipinski definition) is 0. The lowest BCUT2D eigenvalue weighted by atomic mass is 10.0. The first-order valence-corrected chi connectivity index (χ1v) is 9.46. The van der Waals surface area contributed by atoms with Crippen LogP contribution in [0.3, 0.4) is 0 Å². The molecule has 1 unspecified atom stereocenters. The van der Waals surface area contributed by atoms with Crippen LogP contribution in [0.15, 0.2) is 18.2 Å². The number of amides is 1. The van der Waals surface area contributed by atoms with Crippen LogP contribution in [0.2, 0.25) is 0 Å². The topological polar surface area (TPSA) is 81.0 Å². The summed E-state index contributed by atoms with van der Waals surface area (Å²) < 4.78 is 22.2. The van der Waals surface area contributed by atoms with Crippen molar-refractivity contribution in [1.29, 1.82) is 5.26 Å². The van der Waals surface area contributed by atoms with Gasteiger partial charge in [0.15, 0.2) is 17.8 Å². The minimum absolute atomic E-state index is 0.0216. The smallest absolute Gasteiger partial charge is 0.223 e. The van der Waals surface area contributed by atoms with Crippen LogP contribution >= 0.6 is 0 Å². The molecule has 2 saturated heterocycles. The third kappa shape index (κ3) is 4.90. The summed E-state index contributed by atoms with van der Waals surface area (Å²) in [5.41, 5.74) is 0.516. The van der Waals surface area contributed by atoms with Crippen LogP contribution < -0.4 is 9.47 Å². The first kappa shape index (κ1) is 19.5. The molecule has 27 heavy (non-hydrogen) atoms. The molecule has 2 fully saturated rings. The molecule has 0 bridgehead atoms. The molecular weight excluding hydrogens is 348 g/mol. The standard InChI is InChI=1S/C20H26N2O5/c1-24-18-13-15(14-21)7-8-17(18)25-10-4-6-19(23)22-9-3-2-5-16(22)20-26-11-12-27-20/h7-8,13,16,20H,2-6,9-12H2,1H3. The molecule has 2 aliphatic heterocycles. The molecule has 2 aliphatic rings. The van der Waals surface area contributed by atoms with Gasteiger partial charge in [-0.05, 0) is 37.8 Å². The van der Waals surface area contributed by atoms with Crippen molar-refractivity contribution < 1.29 is 23.7 Å². The maximum absolute atomic E-state index is 12.7. The summed E-state index contributed by atoms with van der Waals surface area (Å²) in [7, 11) is 1.54. The number of nitrogens with zero attached hydrogens (tertiary/aromatic N) is 2. The zero-order chi connectivity index (χ0) is 19.1. The summed E-state index contributed by atoms with van der Waals surface area (Å²) in [6.07, 6.45) is 3.79. The first-order chi connectivity index (χ1) is 13.2. The Morgan fingerprint density at radius 3 is 2.85 bits per heavy atom. The number of ether oxygens (including phenoxy) is 4. The molecule has 7 heteroatoms. The van der Waals surface area contributed by atoms with Gasteiger partial charge in [-0.15, -0.1) is 0 Å². The van der Waals surface area contributed by atoms with Crippen LogP contribution in [-0.4, -0.2) is 56.6 Å². The van der Waals surface area contributed by atoms with Crippen LogP contribution in [0.5, 0.6) is 11.5 Å². The molecule has 1 aromatic carbocycles. The van der Waals surface area contributed by atoms with E-state index in [-0.39, 0.29) is 18.2 Å². The second kappa shape index (κ2) is 9.58. The Morgan fingerprint density at radius 2 is 2.11 bits per heavy atom. The zero-order valence-corrected chi connectivity index (χ0v) is 15.7. The number of benzene rings is 1. The van der Waals surface area contributed by atoms with Crippen molar-refractivity contribution in [2.75, 3.05) is 33.5 Å². The highest BCUT2D eigenvalue weighted by Crippen LogP contribution is 2.28. The minimum atomic E-state index is -0.284. The molecule has 0 saturated carbocycles. The summed E-state index contributed by atoms with van der Waals surface area (Å²) in [5, 5.41) is 8.94. The third-order valence-corrected chi connectivity index (χ3v) is 4.92. The number of rotatable bonds is 7. The minimum Gasteiger partial charge on any atom is -0.493 e. The van der Waals surface area contributed by atoms with Gasteiger partial charge in [0.25, 0.3) is 0 Å².